The van der Waals surface area contributed by atoms with Crippen molar-refractivity contribution in [1.82, 2.24) is 10.1 Å². The van der Waals surface area contributed by atoms with Crippen molar-refractivity contribution in [2.75, 3.05) is 13.7 Å². The van der Waals surface area contributed by atoms with E-state index in [0.29, 0.717) is 29.3 Å². The average molecular weight is 293 g/mol. The van der Waals surface area contributed by atoms with Gasteiger partial charge in [0.25, 0.3) is 0 Å². The Kier molecular flexibility index (Phi) is 5.43. The minimum absolute atomic E-state index is 0.497. The molecule has 0 aliphatic carbocycles. The summed E-state index contributed by atoms with van der Waals surface area (Å²) in [6, 6.07) is 7.59. The molecule has 0 aliphatic heterocycles. The summed E-state index contributed by atoms with van der Waals surface area (Å²) < 4.78 is 10.4. The number of ether oxygens (including phenoxy) is 1. The topological polar surface area (TPSA) is 74.2 Å². The van der Waals surface area contributed by atoms with Crippen molar-refractivity contribution in [2.45, 2.75) is 24.3 Å². The number of aromatic nitrogens is 2. The standard InChI is InChI=1S/C14H19N3O2S/c1-10(7-8-15)20-9-13-16-14(17-19-13)11-3-5-12(18-2)6-4-11/h3-6,10H,7-9,15H2,1-2H3. The number of nitrogens with two attached hydrogens (primary N) is 1. The summed E-state index contributed by atoms with van der Waals surface area (Å²) in [4.78, 5) is 4.40. The molecular formula is C14H19N3O2S. The van der Waals surface area contributed by atoms with Crippen LogP contribution >= 0.6 is 11.8 Å². The first-order chi connectivity index (χ1) is 9.72. The Labute approximate surface area is 122 Å². The van der Waals surface area contributed by atoms with Gasteiger partial charge in [0, 0.05) is 10.8 Å². The molecule has 20 heavy (non-hydrogen) atoms. The molecule has 5 nitrogen and oxygen atoms in total. The van der Waals surface area contributed by atoms with Crippen LogP contribution in [0.4, 0.5) is 0 Å². The van der Waals surface area contributed by atoms with Gasteiger partial charge < -0.3 is 15.0 Å². The van der Waals surface area contributed by atoms with Gasteiger partial charge in [0.05, 0.1) is 12.9 Å². The zero-order valence-corrected chi connectivity index (χ0v) is 12.5. The Bertz CT molecular complexity index is 527. The number of nitrogens with zero attached hydrogens (tertiary/aromatic N) is 2. The molecule has 1 aromatic carbocycles. The first kappa shape index (κ1) is 14.9. The normalized spacial score (nSPS) is 12.3. The van der Waals surface area contributed by atoms with E-state index in [0.717, 1.165) is 17.7 Å². The molecule has 0 spiro atoms. The van der Waals surface area contributed by atoms with E-state index >= 15 is 0 Å². The zero-order chi connectivity index (χ0) is 14.4. The first-order valence-corrected chi connectivity index (χ1v) is 7.56. The number of hydrogen-bond acceptors (Lipinski definition) is 6. The summed E-state index contributed by atoms with van der Waals surface area (Å²) in [6.07, 6.45) is 0.990. The number of thioether (sulfide) groups is 1. The molecule has 0 aliphatic rings. The van der Waals surface area contributed by atoms with Gasteiger partial charge in [0.1, 0.15) is 5.75 Å². The maximum atomic E-state index is 5.53. The van der Waals surface area contributed by atoms with Crippen LogP contribution in [0.3, 0.4) is 0 Å². The molecular weight excluding hydrogens is 274 g/mol. The van der Waals surface area contributed by atoms with Crippen LogP contribution in [-0.4, -0.2) is 29.0 Å². The van der Waals surface area contributed by atoms with Gasteiger partial charge >= 0.3 is 0 Å². The second-order valence-corrected chi connectivity index (χ2v) is 5.87. The average Bonchev–Trinajstić information content (AvgIpc) is 2.94. The fourth-order valence-electron chi connectivity index (χ4n) is 1.70. The quantitative estimate of drug-likeness (QED) is 0.846. The Balaban J connectivity index is 1.97. The summed E-state index contributed by atoms with van der Waals surface area (Å²) in [5.74, 6) is 2.77. The molecule has 1 aromatic heterocycles. The number of benzene rings is 1. The van der Waals surface area contributed by atoms with E-state index in [1.807, 2.05) is 24.3 Å². The number of hydrogen-bond donors (Lipinski definition) is 1. The lowest BCUT2D eigenvalue weighted by molar-refractivity contribution is 0.391. The van der Waals surface area contributed by atoms with Crippen molar-refractivity contribution in [1.29, 1.82) is 0 Å². The molecule has 1 atom stereocenters. The third-order valence-electron chi connectivity index (χ3n) is 2.88. The molecule has 108 valence electrons. The molecule has 2 N–H and O–H groups in total. The molecule has 0 fully saturated rings. The van der Waals surface area contributed by atoms with Gasteiger partial charge in [-0.15, -0.1) is 11.8 Å². The van der Waals surface area contributed by atoms with Gasteiger partial charge in [0.2, 0.25) is 11.7 Å². The van der Waals surface area contributed by atoms with Gasteiger partial charge in [-0.05, 0) is 37.2 Å². The molecule has 0 saturated carbocycles. The molecule has 6 heteroatoms. The predicted molar refractivity (Wildman–Crippen MR) is 80.7 cm³/mol. The summed E-state index contributed by atoms with van der Waals surface area (Å²) in [6.45, 7) is 2.85. The molecule has 2 aromatic rings. The van der Waals surface area contributed by atoms with Crippen LogP contribution in [0.25, 0.3) is 11.4 Å². The first-order valence-electron chi connectivity index (χ1n) is 6.51. The Hall–Kier alpha value is -1.53. The minimum Gasteiger partial charge on any atom is -0.497 e. The highest BCUT2D eigenvalue weighted by atomic mass is 32.2. The minimum atomic E-state index is 0.497. The maximum absolute atomic E-state index is 5.53. The predicted octanol–water partition coefficient (Wildman–Crippen LogP) is 2.72. The van der Waals surface area contributed by atoms with Crippen molar-refractivity contribution >= 4 is 11.8 Å². The van der Waals surface area contributed by atoms with Crippen LogP contribution in [0.15, 0.2) is 28.8 Å². The van der Waals surface area contributed by atoms with Crippen molar-refractivity contribution in [3.63, 3.8) is 0 Å². The summed E-state index contributed by atoms with van der Waals surface area (Å²) in [5.41, 5.74) is 6.44. The fourth-order valence-corrected chi connectivity index (χ4v) is 2.55. The van der Waals surface area contributed by atoms with E-state index in [9.17, 15) is 0 Å². The van der Waals surface area contributed by atoms with Crippen molar-refractivity contribution in [3.8, 4) is 17.1 Å². The lowest BCUT2D eigenvalue weighted by Crippen LogP contribution is -2.07. The molecule has 0 bridgehead atoms. The second-order valence-electron chi connectivity index (χ2n) is 4.44. The lowest BCUT2D eigenvalue weighted by atomic mass is 10.2. The Morgan fingerprint density at radius 1 is 1.35 bits per heavy atom. The van der Waals surface area contributed by atoms with Crippen LogP contribution in [0.2, 0.25) is 0 Å². The summed E-state index contributed by atoms with van der Waals surface area (Å²) >= 11 is 1.77. The van der Waals surface area contributed by atoms with Crippen LogP contribution in [0.5, 0.6) is 5.75 Å². The van der Waals surface area contributed by atoms with E-state index in [-0.39, 0.29) is 0 Å². The van der Waals surface area contributed by atoms with Gasteiger partial charge in [-0.1, -0.05) is 12.1 Å². The third kappa shape index (κ3) is 3.98. The summed E-state index contributed by atoms with van der Waals surface area (Å²) in [7, 11) is 1.64. The van der Waals surface area contributed by atoms with Crippen LogP contribution in [-0.2, 0) is 5.75 Å². The highest BCUT2D eigenvalue weighted by Gasteiger charge is 2.10. The molecule has 0 radical (unpaired) electrons. The van der Waals surface area contributed by atoms with Crippen molar-refractivity contribution < 1.29 is 9.26 Å². The second kappa shape index (κ2) is 7.31. The van der Waals surface area contributed by atoms with Crippen LogP contribution in [0.1, 0.15) is 19.2 Å². The van der Waals surface area contributed by atoms with E-state index in [1.165, 1.54) is 0 Å². The van der Waals surface area contributed by atoms with Crippen LogP contribution < -0.4 is 10.5 Å². The molecule has 0 amide bonds. The number of methoxy groups -OCH3 is 1. The van der Waals surface area contributed by atoms with Gasteiger partial charge in [0.15, 0.2) is 0 Å². The summed E-state index contributed by atoms with van der Waals surface area (Å²) in [5, 5.41) is 4.50. The fraction of sp³-hybridized carbons (Fsp3) is 0.429. The SMILES string of the molecule is COc1ccc(-c2noc(CSC(C)CCN)n2)cc1. The zero-order valence-electron chi connectivity index (χ0n) is 11.7. The Morgan fingerprint density at radius 3 is 2.75 bits per heavy atom. The smallest absolute Gasteiger partial charge is 0.236 e. The largest absolute Gasteiger partial charge is 0.497 e. The Morgan fingerprint density at radius 2 is 2.10 bits per heavy atom. The van der Waals surface area contributed by atoms with Crippen molar-refractivity contribution in [2.24, 2.45) is 5.73 Å². The highest BCUT2D eigenvalue weighted by molar-refractivity contribution is 7.99. The molecule has 2 rings (SSSR count). The van der Waals surface area contributed by atoms with E-state index in [2.05, 4.69) is 17.1 Å². The third-order valence-corrected chi connectivity index (χ3v) is 4.10. The van der Waals surface area contributed by atoms with Crippen LogP contribution in [0, 0.1) is 0 Å². The van der Waals surface area contributed by atoms with E-state index in [1.54, 1.807) is 18.9 Å². The molecule has 1 heterocycles. The monoisotopic (exact) mass is 293 g/mol. The van der Waals surface area contributed by atoms with Gasteiger partial charge in [-0.25, -0.2) is 0 Å². The highest BCUT2D eigenvalue weighted by Crippen LogP contribution is 2.22. The van der Waals surface area contributed by atoms with E-state index < -0.39 is 0 Å². The maximum Gasteiger partial charge on any atom is 0.236 e. The van der Waals surface area contributed by atoms with Gasteiger partial charge in [-0.3, -0.25) is 0 Å². The van der Waals surface area contributed by atoms with Gasteiger partial charge in [-0.2, -0.15) is 4.98 Å². The lowest BCUT2D eigenvalue weighted by Gasteiger charge is -2.06. The molecule has 1 unspecified atom stereocenters. The van der Waals surface area contributed by atoms with E-state index in [4.69, 9.17) is 15.0 Å². The van der Waals surface area contributed by atoms with Crippen molar-refractivity contribution in [3.05, 3.63) is 30.2 Å². The molecule has 0 saturated heterocycles. The number of rotatable bonds is 7.